The Bertz CT molecular complexity index is 491. The molecule has 1 aromatic heterocycles. The van der Waals surface area contributed by atoms with Gasteiger partial charge in [-0.1, -0.05) is 6.07 Å². The number of hydrogen-bond donors (Lipinski definition) is 0. The second-order valence-electron chi connectivity index (χ2n) is 6.17. The number of carbonyl (C=O) groups is 1. The van der Waals surface area contributed by atoms with E-state index in [2.05, 4.69) is 11.1 Å². The molecule has 104 valence electrons. The van der Waals surface area contributed by atoms with Crippen molar-refractivity contribution in [3.8, 4) is 0 Å². The standard InChI is InChI=1S/C15H22N2O2/c1-10-6-8-12-9-7-11(2)17(13(12)16-10)14(18)19-15(3,4)5/h6,8,11H,7,9H2,1-5H3. The molecule has 0 saturated heterocycles. The van der Waals surface area contributed by atoms with E-state index in [-0.39, 0.29) is 12.1 Å². The first-order valence-electron chi connectivity index (χ1n) is 6.76. The van der Waals surface area contributed by atoms with Crippen LogP contribution >= 0.6 is 0 Å². The molecule has 0 N–H and O–H groups in total. The molecule has 1 unspecified atom stereocenters. The number of fused-ring (bicyclic) bond motifs is 1. The lowest BCUT2D eigenvalue weighted by Crippen LogP contribution is -2.45. The van der Waals surface area contributed by atoms with Gasteiger partial charge < -0.3 is 4.74 Å². The van der Waals surface area contributed by atoms with Crippen molar-refractivity contribution in [3.63, 3.8) is 0 Å². The van der Waals surface area contributed by atoms with Crippen LogP contribution in [-0.2, 0) is 11.2 Å². The van der Waals surface area contributed by atoms with Crippen LogP contribution < -0.4 is 4.90 Å². The minimum Gasteiger partial charge on any atom is -0.443 e. The fourth-order valence-corrected chi connectivity index (χ4v) is 2.26. The van der Waals surface area contributed by atoms with Gasteiger partial charge in [-0.25, -0.2) is 9.78 Å². The molecule has 1 aliphatic rings. The second-order valence-corrected chi connectivity index (χ2v) is 6.17. The fraction of sp³-hybridized carbons (Fsp3) is 0.600. The van der Waals surface area contributed by atoms with Crippen LogP contribution in [0.15, 0.2) is 12.1 Å². The molecule has 19 heavy (non-hydrogen) atoms. The molecule has 0 aromatic carbocycles. The van der Waals surface area contributed by atoms with Gasteiger partial charge in [0.2, 0.25) is 0 Å². The number of aryl methyl sites for hydroxylation is 2. The van der Waals surface area contributed by atoms with Crippen LogP contribution in [0, 0.1) is 6.92 Å². The Morgan fingerprint density at radius 3 is 2.74 bits per heavy atom. The third kappa shape index (κ3) is 3.06. The molecule has 0 radical (unpaired) electrons. The number of aromatic nitrogens is 1. The van der Waals surface area contributed by atoms with Gasteiger partial charge in [-0.05, 0) is 59.1 Å². The summed E-state index contributed by atoms with van der Waals surface area (Å²) in [5, 5.41) is 0. The van der Waals surface area contributed by atoms with Gasteiger partial charge in [-0.2, -0.15) is 0 Å². The summed E-state index contributed by atoms with van der Waals surface area (Å²) >= 11 is 0. The van der Waals surface area contributed by atoms with E-state index < -0.39 is 5.60 Å². The van der Waals surface area contributed by atoms with Gasteiger partial charge in [-0.15, -0.1) is 0 Å². The van der Waals surface area contributed by atoms with Crippen molar-refractivity contribution < 1.29 is 9.53 Å². The maximum absolute atomic E-state index is 12.4. The Balaban J connectivity index is 2.35. The topological polar surface area (TPSA) is 42.4 Å². The van der Waals surface area contributed by atoms with Crippen molar-refractivity contribution in [2.75, 3.05) is 4.90 Å². The molecular weight excluding hydrogens is 240 g/mol. The number of amides is 1. The molecule has 1 aromatic rings. The number of rotatable bonds is 0. The predicted molar refractivity (Wildman–Crippen MR) is 75.5 cm³/mol. The molecule has 0 spiro atoms. The Kier molecular flexibility index (Phi) is 3.52. The van der Waals surface area contributed by atoms with Crippen LogP contribution in [-0.4, -0.2) is 22.7 Å². The smallest absolute Gasteiger partial charge is 0.416 e. The molecule has 1 aliphatic heterocycles. The summed E-state index contributed by atoms with van der Waals surface area (Å²) in [6.45, 7) is 9.61. The van der Waals surface area contributed by atoms with E-state index in [0.717, 1.165) is 29.9 Å². The largest absolute Gasteiger partial charge is 0.443 e. The van der Waals surface area contributed by atoms with E-state index in [9.17, 15) is 4.79 Å². The lowest BCUT2D eigenvalue weighted by Gasteiger charge is -2.35. The van der Waals surface area contributed by atoms with Gasteiger partial charge in [0.15, 0.2) is 0 Å². The number of anilines is 1. The molecule has 4 nitrogen and oxygen atoms in total. The molecule has 1 atom stereocenters. The number of hydrogen-bond acceptors (Lipinski definition) is 3. The average Bonchev–Trinajstić information content (AvgIpc) is 2.25. The third-order valence-electron chi connectivity index (χ3n) is 3.19. The maximum Gasteiger partial charge on any atom is 0.416 e. The van der Waals surface area contributed by atoms with Gasteiger partial charge in [0.05, 0.1) is 0 Å². The summed E-state index contributed by atoms with van der Waals surface area (Å²) in [7, 11) is 0. The Hall–Kier alpha value is -1.58. The quantitative estimate of drug-likeness (QED) is 0.719. The van der Waals surface area contributed by atoms with E-state index in [4.69, 9.17) is 4.74 Å². The average molecular weight is 262 g/mol. The number of ether oxygens (including phenoxy) is 1. The van der Waals surface area contributed by atoms with E-state index >= 15 is 0 Å². The fourth-order valence-electron chi connectivity index (χ4n) is 2.26. The molecule has 0 saturated carbocycles. The zero-order chi connectivity index (χ0) is 14.2. The molecule has 0 fully saturated rings. The monoisotopic (exact) mass is 262 g/mol. The number of carbonyl (C=O) groups excluding carboxylic acids is 1. The highest BCUT2D eigenvalue weighted by molar-refractivity contribution is 5.88. The highest BCUT2D eigenvalue weighted by atomic mass is 16.6. The maximum atomic E-state index is 12.4. The van der Waals surface area contributed by atoms with Crippen LogP contribution in [0.4, 0.5) is 10.6 Å². The van der Waals surface area contributed by atoms with E-state index in [1.807, 2.05) is 40.7 Å². The van der Waals surface area contributed by atoms with Crippen molar-refractivity contribution in [2.45, 2.75) is 59.1 Å². The molecule has 4 heteroatoms. The molecule has 2 rings (SSSR count). The third-order valence-corrected chi connectivity index (χ3v) is 3.19. The Morgan fingerprint density at radius 2 is 2.11 bits per heavy atom. The molecule has 0 aliphatic carbocycles. The summed E-state index contributed by atoms with van der Waals surface area (Å²) in [5.41, 5.74) is 1.55. The zero-order valence-corrected chi connectivity index (χ0v) is 12.4. The van der Waals surface area contributed by atoms with E-state index in [1.165, 1.54) is 0 Å². The molecular formula is C15H22N2O2. The van der Waals surface area contributed by atoms with Gasteiger partial charge in [0.1, 0.15) is 11.4 Å². The first-order valence-corrected chi connectivity index (χ1v) is 6.76. The predicted octanol–water partition coefficient (Wildman–Crippen LogP) is 3.47. The minimum atomic E-state index is -0.488. The van der Waals surface area contributed by atoms with Gasteiger partial charge in [-0.3, -0.25) is 4.90 Å². The number of pyridine rings is 1. The molecule has 0 bridgehead atoms. The van der Waals surface area contributed by atoms with Crippen LogP contribution in [0.3, 0.4) is 0 Å². The van der Waals surface area contributed by atoms with E-state index in [1.54, 1.807) is 4.90 Å². The number of nitrogens with zero attached hydrogens (tertiary/aromatic N) is 2. The normalized spacial score (nSPS) is 19.0. The Morgan fingerprint density at radius 1 is 1.42 bits per heavy atom. The first kappa shape index (κ1) is 13.8. The minimum absolute atomic E-state index is 0.122. The lowest BCUT2D eigenvalue weighted by atomic mass is 10.00. The second kappa shape index (κ2) is 4.83. The van der Waals surface area contributed by atoms with Crippen LogP contribution in [0.25, 0.3) is 0 Å². The van der Waals surface area contributed by atoms with E-state index in [0.29, 0.717) is 0 Å². The van der Waals surface area contributed by atoms with Crippen LogP contribution in [0.5, 0.6) is 0 Å². The summed E-state index contributed by atoms with van der Waals surface area (Å²) in [6, 6.07) is 4.17. The summed E-state index contributed by atoms with van der Waals surface area (Å²) in [5.74, 6) is 0.757. The van der Waals surface area contributed by atoms with Crippen molar-refractivity contribution in [2.24, 2.45) is 0 Å². The van der Waals surface area contributed by atoms with Crippen molar-refractivity contribution in [1.82, 2.24) is 4.98 Å². The highest BCUT2D eigenvalue weighted by Gasteiger charge is 2.32. The van der Waals surface area contributed by atoms with Gasteiger partial charge in [0, 0.05) is 11.7 Å². The van der Waals surface area contributed by atoms with Gasteiger partial charge >= 0.3 is 6.09 Å². The van der Waals surface area contributed by atoms with Crippen LogP contribution in [0.1, 0.15) is 45.4 Å². The summed E-state index contributed by atoms with van der Waals surface area (Å²) < 4.78 is 5.49. The summed E-state index contributed by atoms with van der Waals surface area (Å²) in [4.78, 5) is 18.6. The van der Waals surface area contributed by atoms with Gasteiger partial charge in [0.25, 0.3) is 0 Å². The Labute approximate surface area is 114 Å². The molecule has 1 amide bonds. The zero-order valence-electron chi connectivity index (χ0n) is 12.4. The first-order chi connectivity index (χ1) is 8.78. The highest BCUT2D eigenvalue weighted by Crippen LogP contribution is 2.30. The van der Waals surface area contributed by atoms with Crippen molar-refractivity contribution in [3.05, 3.63) is 23.4 Å². The SMILES string of the molecule is Cc1ccc2c(n1)N(C(=O)OC(C)(C)C)C(C)CC2. The molecule has 2 heterocycles. The van der Waals surface area contributed by atoms with Crippen molar-refractivity contribution >= 4 is 11.9 Å². The summed E-state index contributed by atoms with van der Waals surface area (Å²) in [6.07, 6.45) is 1.60. The van der Waals surface area contributed by atoms with Crippen LogP contribution in [0.2, 0.25) is 0 Å². The van der Waals surface area contributed by atoms with Crippen molar-refractivity contribution in [1.29, 1.82) is 0 Å². The lowest BCUT2D eigenvalue weighted by molar-refractivity contribution is 0.0562.